The third-order valence-corrected chi connectivity index (χ3v) is 5.25. The number of aromatic amines is 1. The fourth-order valence-electron chi connectivity index (χ4n) is 3.42. The zero-order valence-corrected chi connectivity index (χ0v) is 17.1. The predicted octanol–water partition coefficient (Wildman–Crippen LogP) is 5.26. The summed E-state index contributed by atoms with van der Waals surface area (Å²) in [6, 6.07) is 15.2. The molecule has 1 amide bonds. The van der Waals surface area contributed by atoms with Gasteiger partial charge in [-0.2, -0.15) is 0 Å². The van der Waals surface area contributed by atoms with Gasteiger partial charge in [0.15, 0.2) is 0 Å². The number of halogens is 1. The molecule has 1 N–H and O–H groups in total. The van der Waals surface area contributed by atoms with Gasteiger partial charge in [-0.05, 0) is 23.8 Å². The van der Waals surface area contributed by atoms with Crippen molar-refractivity contribution in [3.8, 4) is 28.0 Å². The van der Waals surface area contributed by atoms with Crippen LogP contribution in [-0.4, -0.2) is 42.0 Å². The van der Waals surface area contributed by atoms with Crippen LogP contribution in [0.3, 0.4) is 0 Å². The normalized spacial score (nSPS) is 10.9. The van der Waals surface area contributed by atoms with Gasteiger partial charge in [0.2, 0.25) is 0 Å². The molecule has 0 unspecified atom stereocenters. The number of ether oxygens (including phenoxy) is 1. The van der Waals surface area contributed by atoms with Crippen LogP contribution >= 0.6 is 11.6 Å². The number of rotatable bonds is 4. The van der Waals surface area contributed by atoms with Crippen molar-refractivity contribution >= 4 is 28.5 Å². The van der Waals surface area contributed by atoms with Gasteiger partial charge >= 0.3 is 0 Å². The van der Waals surface area contributed by atoms with Gasteiger partial charge in [-0.3, -0.25) is 4.79 Å². The number of amides is 1. The van der Waals surface area contributed by atoms with Crippen LogP contribution in [-0.2, 0) is 0 Å². The van der Waals surface area contributed by atoms with E-state index in [2.05, 4.69) is 9.97 Å². The van der Waals surface area contributed by atoms with Crippen molar-refractivity contribution in [1.82, 2.24) is 14.9 Å². The number of nitrogens with one attached hydrogen (secondary N) is 1. The molecule has 0 spiro atoms. The summed E-state index contributed by atoms with van der Waals surface area (Å²) in [5, 5.41) is 1.39. The van der Waals surface area contributed by atoms with E-state index in [1.54, 1.807) is 38.4 Å². The largest absolute Gasteiger partial charge is 0.496 e. The maximum Gasteiger partial charge on any atom is 0.253 e. The Morgan fingerprint density at radius 3 is 2.62 bits per heavy atom. The van der Waals surface area contributed by atoms with Crippen LogP contribution in [0.1, 0.15) is 10.4 Å². The number of para-hydroxylation sites is 1. The van der Waals surface area contributed by atoms with Crippen LogP contribution in [0.2, 0.25) is 5.02 Å². The Hall–Kier alpha value is -3.31. The Balaban J connectivity index is 1.90. The molecule has 2 heterocycles. The van der Waals surface area contributed by atoms with Crippen molar-refractivity contribution in [2.45, 2.75) is 0 Å². The molecular weight excluding hydrogens is 386 g/mol. The highest BCUT2D eigenvalue weighted by atomic mass is 35.5. The van der Waals surface area contributed by atoms with Crippen molar-refractivity contribution < 1.29 is 9.53 Å². The minimum Gasteiger partial charge on any atom is -0.496 e. The van der Waals surface area contributed by atoms with E-state index in [0.29, 0.717) is 16.2 Å². The Morgan fingerprint density at radius 1 is 1.07 bits per heavy atom. The quantitative estimate of drug-likeness (QED) is 0.503. The van der Waals surface area contributed by atoms with Crippen molar-refractivity contribution in [2.24, 2.45) is 0 Å². The van der Waals surface area contributed by atoms with Crippen LogP contribution in [0.5, 0.6) is 5.75 Å². The molecule has 0 radical (unpaired) electrons. The lowest BCUT2D eigenvalue weighted by atomic mass is 10.00. The van der Waals surface area contributed by atoms with E-state index >= 15 is 0 Å². The van der Waals surface area contributed by atoms with E-state index in [-0.39, 0.29) is 5.91 Å². The standard InChI is InChI=1S/C23H20ClN3O2/c1-27(2)23(28)15-8-6-7-14(11-15)17-12-25-22-20(21(17)24)18(13-26-22)16-9-4-5-10-19(16)29-3/h4-13H,1-3H3,(H,25,26). The van der Waals surface area contributed by atoms with E-state index in [9.17, 15) is 4.79 Å². The third-order valence-electron chi connectivity index (χ3n) is 4.86. The Labute approximate surface area is 173 Å². The lowest BCUT2D eigenvalue weighted by Crippen LogP contribution is -2.21. The molecule has 0 aliphatic carbocycles. The molecule has 0 aliphatic rings. The number of nitrogens with zero attached hydrogens (tertiary/aromatic N) is 2. The molecule has 6 heteroatoms. The van der Waals surface area contributed by atoms with E-state index in [4.69, 9.17) is 16.3 Å². The number of carbonyl (C=O) groups excluding carboxylic acids is 1. The van der Waals surface area contributed by atoms with Crippen molar-refractivity contribution in [1.29, 1.82) is 0 Å². The summed E-state index contributed by atoms with van der Waals surface area (Å²) in [4.78, 5) is 21.6. The van der Waals surface area contributed by atoms with E-state index in [1.807, 2.05) is 48.7 Å². The summed E-state index contributed by atoms with van der Waals surface area (Å²) < 4.78 is 5.52. The molecule has 4 aromatic rings. The second kappa shape index (κ2) is 7.60. The zero-order chi connectivity index (χ0) is 20.5. The van der Waals surface area contributed by atoms with Crippen LogP contribution in [0.15, 0.2) is 60.9 Å². The number of benzene rings is 2. The van der Waals surface area contributed by atoms with Gasteiger partial charge in [0.05, 0.1) is 12.1 Å². The van der Waals surface area contributed by atoms with Gasteiger partial charge < -0.3 is 14.6 Å². The van der Waals surface area contributed by atoms with Gasteiger partial charge in [-0.25, -0.2) is 4.98 Å². The molecule has 29 heavy (non-hydrogen) atoms. The van der Waals surface area contributed by atoms with Gasteiger partial charge in [-0.1, -0.05) is 41.9 Å². The summed E-state index contributed by atoms with van der Waals surface area (Å²) in [7, 11) is 5.11. The van der Waals surface area contributed by atoms with Gasteiger partial charge in [-0.15, -0.1) is 0 Å². The number of methoxy groups -OCH3 is 1. The number of carbonyl (C=O) groups is 1. The lowest BCUT2D eigenvalue weighted by Gasteiger charge is -2.12. The van der Waals surface area contributed by atoms with Gasteiger partial charge in [0.25, 0.3) is 5.91 Å². The molecule has 0 fully saturated rings. The third kappa shape index (κ3) is 3.34. The van der Waals surface area contributed by atoms with Crippen molar-refractivity contribution in [3.05, 3.63) is 71.5 Å². The number of H-pyrrole nitrogens is 1. The average Bonchev–Trinajstić information content (AvgIpc) is 3.18. The summed E-state index contributed by atoms with van der Waals surface area (Å²) in [6.45, 7) is 0. The first kappa shape index (κ1) is 19.0. The fourth-order valence-corrected chi connectivity index (χ4v) is 3.76. The zero-order valence-electron chi connectivity index (χ0n) is 16.4. The van der Waals surface area contributed by atoms with Crippen LogP contribution in [0, 0.1) is 0 Å². The van der Waals surface area contributed by atoms with E-state index in [1.165, 1.54) is 0 Å². The molecule has 146 valence electrons. The van der Waals surface area contributed by atoms with Crippen LogP contribution in [0.4, 0.5) is 0 Å². The highest BCUT2D eigenvalue weighted by molar-refractivity contribution is 6.39. The molecule has 0 saturated carbocycles. The number of aromatic nitrogens is 2. The first-order chi connectivity index (χ1) is 14.0. The molecule has 0 bridgehead atoms. The average molecular weight is 406 g/mol. The smallest absolute Gasteiger partial charge is 0.253 e. The first-order valence-corrected chi connectivity index (χ1v) is 9.50. The molecule has 5 nitrogen and oxygen atoms in total. The SMILES string of the molecule is COc1ccccc1-c1c[nH]c2ncc(-c3cccc(C(=O)N(C)C)c3)c(Cl)c12. The number of fused-ring (bicyclic) bond motifs is 1. The summed E-state index contributed by atoms with van der Waals surface area (Å²) in [5.74, 6) is 0.696. The number of hydrogen-bond donors (Lipinski definition) is 1. The fraction of sp³-hybridized carbons (Fsp3) is 0.130. The predicted molar refractivity (Wildman–Crippen MR) is 117 cm³/mol. The summed E-state index contributed by atoms with van der Waals surface area (Å²) >= 11 is 6.87. The number of hydrogen-bond acceptors (Lipinski definition) is 3. The van der Waals surface area contributed by atoms with Crippen molar-refractivity contribution in [2.75, 3.05) is 21.2 Å². The Kier molecular flexibility index (Phi) is 4.99. The Bertz CT molecular complexity index is 1210. The van der Waals surface area contributed by atoms with Crippen LogP contribution in [0.25, 0.3) is 33.3 Å². The highest BCUT2D eigenvalue weighted by Gasteiger charge is 2.18. The van der Waals surface area contributed by atoms with Crippen molar-refractivity contribution in [3.63, 3.8) is 0 Å². The topological polar surface area (TPSA) is 58.2 Å². The molecule has 0 atom stereocenters. The minimum absolute atomic E-state index is 0.0617. The molecule has 0 saturated heterocycles. The monoisotopic (exact) mass is 405 g/mol. The molecular formula is C23H20ClN3O2. The maximum atomic E-state index is 12.4. The minimum atomic E-state index is -0.0617. The maximum absolute atomic E-state index is 12.4. The molecule has 2 aromatic heterocycles. The Morgan fingerprint density at radius 2 is 1.86 bits per heavy atom. The van der Waals surface area contributed by atoms with E-state index in [0.717, 1.165) is 33.4 Å². The summed E-state index contributed by atoms with van der Waals surface area (Å²) in [5.41, 5.74) is 4.74. The molecule has 4 rings (SSSR count). The van der Waals surface area contributed by atoms with Gasteiger partial charge in [0, 0.05) is 54.1 Å². The lowest BCUT2D eigenvalue weighted by molar-refractivity contribution is 0.0827. The molecule has 0 aliphatic heterocycles. The highest BCUT2D eigenvalue weighted by Crippen LogP contribution is 2.41. The molecule has 2 aromatic carbocycles. The second-order valence-electron chi connectivity index (χ2n) is 6.89. The second-order valence-corrected chi connectivity index (χ2v) is 7.27. The van der Waals surface area contributed by atoms with E-state index < -0.39 is 0 Å². The first-order valence-electron chi connectivity index (χ1n) is 9.12. The number of pyridine rings is 1. The summed E-state index contributed by atoms with van der Waals surface area (Å²) in [6.07, 6.45) is 3.61. The van der Waals surface area contributed by atoms with Gasteiger partial charge in [0.1, 0.15) is 11.4 Å². The van der Waals surface area contributed by atoms with Crippen LogP contribution < -0.4 is 4.74 Å².